The number of hydrogen-bond acceptors (Lipinski definition) is 13. The van der Waals surface area contributed by atoms with Crippen molar-refractivity contribution in [2.45, 2.75) is 204 Å². The molecule has 6 rings (SSSR count). The van der Waals surface area contributed by atoms with Crippen molar-refractivity contribution in [3.05, 3.63) is 71.8 Å². The lowest BCUT2D eigenvalue weighted by molar-refractivity contribution is -0.146. The van der Waals surface area contributed by atoms with Crippen LogP contribution in [0.3, 0.4) is 0 Å². The molecule has 2 saturated heterocycles. The van der Waals surface area contributed by atoms with E-state index in [0.29, 0.717) is 32.1 Å². The van der Waals surface area contributed by atoms with E-state index >= 15 is 4.79 Å². The van der Waals surface area contributed by atoms with Gasteiger partial charge in [-0.3, -0.25) is 52.7 Å². The molecule has 2 heterocycles. The van der Waals surface area contributed by atoms with Gasteiger partial charge in [-0.25, -0.2) is 4.79 Å². The fraction of sp³-hybridized carbons (Fsp3) is 0.625. The zero-order valence-corrected chi connectivity index (χ0v) is 52.6. The second-order valence-electron chi connectivity index (χ2n) is 25.8. The molecule has 89 heavy (non-hydrogen) atoms. The van der Waals surface area contributed by atoms with Crippen LogP contribution in [-0.4, -0.2) is 172 Å². The third kappa shape index (κ3) is 18.1. The minimum atomic E-state index is -1.61. The number of aliphatic carboxylic acids is 1. The van der Waals surface area contributed by atoms with Gasteiger partial charge in [0.1, 0.15) is 53.4 Å². The van der Waals surface area contributed by atoms with Crippen molar-refractivity contribution in [2.24, 2.45) is 29.4 Å². The SMILES string of the molecule is CC(C)C[C@H](NC(=O)[C@H](CCCNC=O)NC(=O)[C@@H](NC(=O)[C@]1(NC(=O)[C@H]2CCCN2C(=O)[C@H](CC(C)C)NC(=O)[C@H](CCCNC=O)NC(=O)[C@@H](N)C(C)C)C[C@@H]1c1ccccc1)C(C)C)C(=O)N1CCC[C@@H]1C(=O)N[C@@]1(C(=O)O)C[C@@H]1c1ccccc1. The van der Waals surface area contributed by atoms with Gasteiger partial charge in [0.2, 0.25) is 66.0 Å². The summed E-state index contributed by atoms with van der Waals surface area (Å²) in [4.78, 5) is 167. The fourth-order valence-electron chi connectivity index (χ4n) is 12.2. The Bertz CT molecular complexity index is 2840. The Labute approximate surface area is 521 Å². The molecule has 25 nitrogen and oxygen atoms in total. The molecule has 2 aliphatic heterocycles. The molecule has 4 fully saturated rings. The molecule has 12 N–H and O–H groups in total. The van der Waals surface area contributed by atoms with Crippen molar-refractivity contribution in [2.75, 3.05) is 26.2 Å². The van der Waals surface area contributed by atoms with Crippen LogP contribution >= 0.6 is 0 Å². The van der Waals surface area contributed by atoms with Crippen LogP contribution in [0.15, 0.2) is 60.7 Å². The highest BCUT2D eigenvalue weighted by molar-refractivity contribution is 6.02. The van der Waals surface area contributed by atoms with Crippen LogP contribution < -0.4 is 53.6 Å². The third-order valence-corrected chi connectivity index (χ3v) is 17.4. The molecule has 4 aliphatic rings. The third-order valence-electron chi connectivity index (χ3n) is 17.4. The first-order chi connectivity index (χ1) is 42.3. The summed E-state index contributed by atoms with van der Waals surface area (Å²) < 4.78 is 0. The Morgan fingerprint density at radius 3 is 1.36 bits per heavy atom. The maximum atomic E-state index is 15.0. The molecule has 0 unspecified atom stereocenters. The Morgan fingerprint density at radius 1 is 0.551 bits per heavy atom. The number of benzene rings is 2. The quantitative estimate of drug-likeness (QED) is 0.0343. The van der Waals surface area contributed by atoms with Gasteiger partial charge in [0, 0.05) is 38.0 Å². The molecule has 12 atom stereocenters. The first kappa shape index (κ1) is 70.1. The normalized spacial score (nSPS) is 23.0. The molecule has 11 amide bonds. The van der Waals surface area contributed by atoms with Crippen LogP contribution in [0.4, 0.5) is 0 Å². The minimum absolute atomic E-state index is 0.0207. The number of hydrogen-bond donors (Lipinski definition) is 11. The maximum Gasteiger partial charge on any atom is 0.330 e. The molecule has 0 radical (unpaired) electrons. The van der Waals surface area contributed by atoms with Crippen molar-refractivity contribution in [3.63, 3.8) is 0 Å². The fourth-order valence-corrected chi connectivity index (χ4v) is 12.2. The van der Waals surface area contributed by atoms with Gasteiger partial charge in [-0.2, -0.15) is 0 Å². The van der Waals surface area contributed by atoms with Crippen molar-refractivity contribution in [1.82, 2.24) is 57.7 Å². The Kier molecular flexibility index (Phi) is 25.2. The van der Waals surface area contributed by atoms with Gasteiger partial charge in [-0.05, 0) is 112 Å². The van der Waals surface area contributed by atoms with Crippen molar-refractivity contribution in [3.8, 4) is 0 Å². The summed E-state index contributed by atoms with van der Waals surface area (Å²) in [7, 11) is 0. The van der Waals surface area contributed by atoms with E-state index in [-0.39, 0.29) is 102 Å². The summed E-state index contributed by atoms with van der Waals surface area (Å²) in [5.41, 5.74) is 4.45. The highest BCUT2D eigenvalue weighted by atomic mass is 16.4. The zero-order chi connectivity index (χ0) is 65.3. The topological polar surface area (TPSA) is 366 Å². The number of carbonyl (C=O) groups excluding carboxylic acids is 11. The Balaban J connectivity index is 1.19. The molecule has 2 saturated carbocycles. The highest BCUT2D eigenvalue weighted by Gasteiger charge is 2.64. The Hall–Kier alpha value is -7.96. The van der Waals surface area contributed by atoms with Gasteiger partial charge >= 0.3 is 5.97 Å². The van der Waals surface area contributed by atoms with Crippen molar-refractivity contribution in [1.29, 1.82) is 0 Å². The first-order valence-electron chi connectivity index (χ1n) is 31.5. The van der Waals surface area contributed by atoms with Crippen molar-refractivity contribution < 1.29 is 62.6 Å². The highest BCUT2D eigenvalue weighted by Crippen LogP contribution is 2.53. The largest absolute Gasteiger partial charge is 0.479 e. The molecule has 0 aromatic heterocycles. The van der Waals surface area contributed by atoms with Crippen molar-refractivity contribution >= 4 is 72.0 Å². The van der Waals surface area contributed by atoms with E-state index < -0.39 is 136 Å². The van der Waals surface area contributed by atoms with Crippen LogP contribution in [0.1, 0.15) is 155 Å². The average Bonchev–Trinajstić information content (AvgIpc) is 1.62. The second kappa shape index (κ2) is 32.0. The number of amides is 11. The van der Waals surface area contributed by atoms with Gasteiger partial charge < -0.3 is 68.5 Å². The monoisotopic (exact) mass is 1240 g/mol. The van der Waals surface area contributed by atoms with Crippen LogP contribution in [0.2, 0.25) is 0 Å². The van der Waals surface area contributed by atoms with Gasteiger partial charge in [-0.15, -0.1) is 0 Å². The summed E-state index contributed by atoms with van der Waals surface area (Å²) in [6, 6.07) is 9.01. The molecule has 2 aromatic rings. The van der Waals surface area contributed by atoms with Gasteiger partial charge in [0.25, 0.3) is 0 Å². The number of nitrogens with zero attached hydrogens (tertiary/aromatic N) is 2. The lowest BCUT2D eigenvalue weighted by atomic mass is 9.99. The molecule has 25 heteroatoms. The average molecular weight is 1240 g/mol. The van der Waals surface area contributed by atoms with E-state index in [9.17, 15) is 57.8 Å². The minimum Gasteiger partial charge on any atom is -0.479 e. The summed E-state index contributed by atoms with van der Waals surface area (Å²) >= 11 is 0. The van der Waals surface area contributed by atoms with E-state index in [1.54, 1.807) is 70.2 Å². The lowest BCUT2D eigenvalue weighted by Crippen LogP contribution is -2.62. The molecular weight excluding hydrogens is 1140 g/mol. The molecular formula is C64H94N12O13. The standard InChI is InChI=1S/C64H94N12O13/c1-37(2)31-47(70-53(79)45(23-15-27-66-35-77)68-57(83)51(65)39(5)6)59(85)75-29-17-25-49(75)55(81)73-63(33-43(63)41-19-11-9-12-20-41)61(87)72-52(40(7)8)58(84)69-46(24-16-28-67-36-78)54(80)71-48(32-38(3)4)60(86)76-30-18-26-50(76)56(82)74-64(62(88)89)34-44(64)42-21-13-10-14-22-42/h9-14,19-22,35-40,43-52H,15-18,23-34,65H2,1-8H3,(H,66,77)(H,67,78)(H,68,83)(H,69,84)(H,70,79)(H,71,80)(H,72,87)(H,73,81)(H,74,82)(H,88,89)/t43-,44-,45+,46+,47+,48+,49-,50-,51+,52+,63+,64+/m1/s1. The van der Waals surface area contributed by atoms with Crippen LogP contribution in [0, 0.1) is 23.7 Å². The zero-order valence-electron chi connectivity index (χ0n) is 52.6. The van der Waals surface area contributed by atoms with Gasteiger partial charge in [-0.1, -0.05) is 116 Å². The van der Waals surface area contributed by atoms with Crippen LogP contribution in [-0.2, 0) is 57.5 Å². The Morgan fingerprint density at radius 2 is 0.955 bits per heavy atom. The smallest absolute Gasteiger partial charge is 0.330 e. The van der Waals surface area contributed by atoms with E-state index in [1.165, 1.54) is 9.80 Å². The number of rotatable bonds is 35. The molecule has 0 spiro atoms. The first-order valence-corrected chi connectivity index (χ1v) is 31.5. The number of carboxylic acid groups (broad SMARTS) is 1. The number of nitrogens with one attached hydrogen (secondary N) is 9. The molecule has 2 aliphatic carbocycles. The second-order valence-corrected chi connectivity index (χ2v) is 25.8. The summed E-state index contributed by atoms with van der Waals surface area (Å²) in [6.45, 7) is 15.1. The van der Waals surface area contributed by atoms with E-state index in [1.807, 2.05) is 45.9 Å². The van der Waals surface area contributed by atoms with Gasteiger partial charge in [0.15, 0.2) is 0 Å². The van der Waals surface area contributed by atoms with E-state index in [4.69, 9.17) is 5.73 Å². The number of nitrogens with two attached hydrogens (primary N) is 1. The van der Waals surface area contributed by atoms with Crippen LogP contribution in [0.5, 0.6) is 0 Å². The maximum absolute atomic E-state index is 15.0. The number of likely N-dealkylation sites (tertiary alicyclic amines) is 2. The van der Waals surface area contributed by atoms with E-state index in [2.05, 4.69) is 47.9 Å². The summed E-state index contributed by atoms with van der Waals surface area (Å²) in [5, 5.41) is 35.3. The van der Waals surface area contributed by atoms with Crippen LogP contribution in [0.25, 0.3) is 0 Å². The molecule has 0 bridgehead atoms. The molecule has 488 valence electrons. The number of carboxylic acids is 1. The summed E-state index contributed by atoms with van der Waals surface area (Å²) in [5.74, 6) is -9.07. The summed E-state index contributed by atoms with van der Waals surface area (Å²) in [6.07, 6.45) is 3.61. The predicted molar refractivity (Wildman–Crippen MR) is 329 cm³/mol. The molecule has 2 aromatic carbocycles. The lowest BCUT2D eigenvalue weighted by Gasteiger charge is -2.32. The van der Waals surface area contributed by atoms with E-state index in [0.717, 1.165) is 11.1 Å². The van der Waals surface area contributed by atoms with Gasteiger partial charge in [0.05, 0.1) is 6.04 Å². The predicted octanol–water partition coefficient (Wildman–Crippen LogP) is 1.35. The number of carbonyl (C=O) groups is 12.